The van der Waals surface area contributed by atoms with Crippen LogP contribution in [0.3, 0.4) is 0 Å². The number of ether oxygens (including phenoxy) is 1. The number of carbonyl (C=O) groups is 1. The van der Waals surface area contributed by atoms with Crippen LogP contribution in [-0.2, 0) is 4.79 Å². The van der Waals surface area contributed by atoms with Gasteiger partial charge in [-0.15, -0.1) is 0 Å². The number of benzene rings is 3. The Balaban J connectivity index is 1.34. The molecule has 0 bridgehead atoms. The smallest absolute Gasteiger partial charge is 0.472 e. The van der Waals surface area contributed by atoms with Crippen LogP contribution in [0.15, 0.2) is 72.9 Å². The number of amides is 1. The standard InChI is InChI=1S/C33H29F5N8O2S/c1-44-13-15-45(16-14-44)25-18-20(9-10-26(25)48-2)41-32-40-12-11-24(42-32)29-27(43-31(39)49-29)19-5-3-6-21(17-19)46(30(47)33(36,37)38)28-22(34)7-4-8-23(28)35/h3-12,17-18H,13-16H2,1-2H3,(H2,39,43)(H,40,41,42). The van der Waals surface area contributed by atoms with Gasteiger partial charge in [0.25, 0.3) is 0 Å². The summed E-state index contributed by atoms with van der Waals surface area (Å²) in [5, 5.41) is 3.34. The van der Waals surface area contributed by atoms with Gasteiger partial charge in [0.15, 0.2) is 5.13 Å². The van der Waals surface area contributed by atoms with E-state index < -0.39 is 35.1 Å². The van der Waals surface area contributed by atoms with Crippen LogP contribution in [-0.4, -0.2) is 72.3 Å². The van der Waals surface area contributed by atoms with Crippen LogP contribution in [0.25, 0.3) is 21.8 Å². The molecular formula is C33H29F5N8O2S. The number of nitrogens with two attached hydrogens (primary N) is 1. The molecule has 0 aliphatic carbocycles. The number of piperazine rings is 1. The predicted octanol–water partition coefficient (Wildman–Crippen LogP) is 6.86. The molecule has 0 radical (unpaired) electrons. The van der Waals surface area contributed by atoms with Crippen molar-refractivity contribution >= 4 is 51.1 Å². The van der Waals surface area contributed by atoms with Crippen molar-refractivity contribution in [2.45, 2.75) is 6.18 Å². The number of halogens is 5. The van der Waals surface area contributed by atoms with Crippen molar-refractivity contribution in [3.05, 3.63) is 84.6 Å². The molecule has 0 atom stereocenters. The average molecular weight is 697 g/mol. The molecule has 3 aromatic carbocycles. The Hall–Kier alpha value is -5.35. The Labute approximate surface area is 281 Å². The highest BCUT2D eigenvalue weighted by molar-refractivity contribution is 7.19. The Morgan fingerprint density at radius 3 is 2.39 bits per heavy atom. The molecule has 1 fully saturated rings. The van der Waals surface area contributed by atoms with E-state index in [0.717, 1.165) is 73.2 Å². The maximum atomic E-state index is 14.8. The molecule has 6 rings (SSSR count). The lowest BCUT2D eigenvalue weighted by atomic mass is 10.1. The molecule has 5 aromatic rings. The molecule has 0 spiro atoms. The molecule has 254 valence electrons. The lowest BCUT2D eigenvalue weighted by Gasteiger charge is -2.34. The van der Waals surface area contributed by atoms with Crippen LogP contribution >= 0.6 is 11.3 Å². The van der Waals surface area contributed by atoms with Gasteiger partial charge in [-0.3, -0.25) is 9.69 Å². The second kappa shape index (κ2) is 13.6. The SMILES string of the molecule is COc1ccc(Nc2nccc(-c3sc(N)nc3-c3cccc(N(C(=O)C(F)(F)F)c4c(F)cccc4F)c3)n2)cc1N1CCN(C)CC1. The summed E-state index contributed by atoms with van der Waals surface area (Å²) in [5.41, 5.74) is 6.94. The van der Waals surface area contributed by atoms with E-state index in [2.05, 4.69) is 37.1 Å². The summed E-state index contributed by atoms with van der Waals surface area (Å²) in [6.07, 6.45) is -3.92. The van der Waals surface area contributed by atoms with Crippen LogP contribution in [0.4, 0.5) is 55.8 Å². The van der Waals surface area contributed by atoms with Crippen LogP contribution < -0.4 is 25.6 Å². The van der Waals surface area contributed by atoms with E-state index in [1.807, 2.05) is 18.2 Å². The number of rotatable bonds is 8. The average Bonchev–Trinajstić information content (AvgIpc) is 3.48. The highest BCUT2D eigenvalue weighted by Gasteiger charge is 2.45. The van der Waals surface area contributed by atoms with E-state index >= 15 is 0 Å². The first kappa shape index (κ1) is 33.5. The topological polar surface area (TPSA) is 113 Å². The van der Waals surface area contributed by atoms with Crippen molar-refractivity contribution in [1.29, 1.82) is 0 Å². The van der Waals surface area contributed by atoms with Crippen molar-refractivity contribution in [3.8, 4) is 27.6 Å². The van der Waals surface area contributed by atoms with Gasteiger partial charge in [-0.2, -0.15) is 13.2 Å². The number of alkyl halides is 3. The van der Waals surface area contributed by atoms with E-state index in [1.54, 1.807) is 13.2 Å². The first-order valence-corrected chi connectivity index (χ1v) is 15.7. The highest BCUT2D eigenvalue weighted by Crippen LogP contribution is 2.41. The van der Waals surface area contributed by atoms with Gasteiger partial charge in [-0.05, 0) is 55.6 Å². The summed E-state index contributed by atoms with van der Waals surface area (Å²) in [6, 6.07) is 14.9. The summed E-state index contributed by atoms with van der Waals surface area (Å²) < 4.78 is 76.3. The van der Waals surface area contributed by atoms with Gasteiger partial charge in [0.05, 0.1) is 34.7 Å². The van der Waals surface area contributed by atoms with Gasteiger partial charge in [-0.25, -0.2) is 23.7 Å². The number of anilines is 6. The van der Waals surface area contributed by atoms with Crippen molar-refractivity contribution in [3.63, 3.8) is 0 Å². The normalized spacial score (nSPS) is 13.7. The zero-order valence-corrected chi connectivity index (χ0v) is 26.9. The Kier molecular flexibility index (Phi) is 9.34. The summed E-state index contributed by atoms with van der Waals surface area (Å²) in [5.74, 6) is -4.21. The van der Waals surface area contributed by atoms with E-state index in [-0.39, 0.29) is 27.2 Å². The van der Waals surface area contributed by atoms with E-state index in [1.165, 1.54) is 24.4 Å². The molecule has 3 heterocycles. The van der Waals surface area contributed by atoms with Gasteiger partial charge in [0.2, 0.25) is 5.95 Å². The van der Waals surface area contributed by atoms with Crippen LogP contribution in [0, 0.1) is 11.6 Å². The second-order valence-electron chi connectivity index (χ2n) is 11.1. The quantitative estimate of drug-likeness (QED) is 0.168. The van der Waals surface area contributed by atoms with Crippen molar-refractivity contribution in [1.82, 2.24) is 19.9 Å². The van der Waals surface area contributed by atoms with Crippen LogP contribution in [0.1, 0.15) is 0 Å². The van der Waals surface area contributed by atoms with Gasteiger partial charge in [-0.1, -0.05) is 29.5 Å². The van der Waals surface area contributed by atoms with Crippen molar-refractivity contribution < 1.29 is 31.5 Å². The highest BCUT2D eigenvalue weighted by atomic mass is 32.1. The van der Waals surface area contributed by atoms with Crippen LogP contribution in [0.2, 0.25) is 0 Å². The molecule has 16 heteroatoms. The van der Waals surface area contributed by atoms with Crippen molar-refractivity contribution in [2.24, 2.45) is 0 Å². The molecule has 0 unspecified atom stereocenters. The molecule has 1 aliphatic rings. The number of hydrogen-bond acceptors (Lipinski definition) is 10. The largest absolute Gasteiger partial charge is 0.495 e. The maximum absolute atomic E-state index is 14.8. The zero-order chi connectivity index (χ0) is 34.9. The van der Waals surface area contributed by atoms with Crippen molar-refractivity contribution in [2.75, 3.05) is 61.2 Å². The van der Waals surface area contributed by atoms with Gasteiger partial charge in [0.1, 0.15) is 23.1 Å². The summed E-state index contributed by atoms with van der Waals surface area (Å²) in [6.45, 7) is 3.48. The fourth-order valence-electron chi connectivity index (χ4n) is 5.41. The molecule has 49 heavy (non-hydrogen) atoms. The Bertz CT molecular complexity index is 1980. The number of thiazole rings is 1. The maximum Gasteiger partial charge on any atom is 0.472 e. The minimum atomic E-state index is -5.44. The number of likely N-dealkylation sites (N-methyl/N-ethyl adjacent to an activating group) is 1. The molecule has 1 amide bonds. The van der Waals surface area contributed by atoms with Crippen LogP contribution in [0.5, 0.6) is 5.75 Å². The lowest BCUT2D eigenvalue weighted by Crippen LogP contribution is -2.44. The third-order valence-electron chi connectivity index (χ3n) is 7.80. The summed E-state index contributed by atoms with van der Waals surface area (Å²) in [7, 11) is 3.69. The van der Waals surface area contributed by atoms with E-state index in [4.69, 9.17) is 10.5 Å². The third kappa shape index (κ3) is 7.10. The number of aromatic nitrogens is 3. The lowest BCUT2D eigenvalue weighted by molar-refractivity contribution is -0.169. The number of methoxy groups -OCH3 is 1. The molecule has 10 nitrogen and oxygen atoms in total. The third-order valence-corrected chi connectivity index (χ3v) is 8.70. The van der Waals surface area contributed by atoms with Gasteiger partial charge < -0.3 is 25.6 Å². The minimum Gasteiger partial charge on any atom is -0.495 e. The molecular weight excluding hydrogens is 667 g/mol. The predicted molar refractivity (Wildman–Crippen MR) is 179 cm³/mol. The number of hydrogen-bond donors (Lipinski definition) is 2. The molecule has 3 N–H and O–H groups in total. The zero-order valence-electron chi connectivity index (χ0n) is 26.1. The first-order valence-electron chi connectivity index (χ1n) is 14.9. The number of nitrogens with one attached hydrogen (secondary N) is 1. The number of para-hydroxylation sites is 1. The minimum absolute atomic E-state index is 0.0401. The number of nitrogen functional groups attached to an aromatic ring is 1. The van der Waals surface area contributed by atoms with E-state index in [9.17, 15) is 26.7 Å². The number of carbonyl (C=O) groups excluding carboxylic acids is 1. The summed E-state index contributed by atoms with van der Waals surface area (Å²) in [4.78, 5) is 30.8. The molecule has 1 aliphatic heterocycles. The fourth-order valence-corrected chi connectivity index (χ4v) is 6.24. The van der Waals surface area contributed by atoms with Gasteiger partial charge in [0, 0.05) is 43.6 Å². The van der Waals surface area contributed by atoms with Gasteiger partial charge >= 0.3 is 12.1 Å². The molecule has 2 aromatic heterocycles. The number of nitrogens with zero attached hydrogens (tertiary/aromatic N) is 6. The molecule has 1 saturated heterocycles. The fraction of sp³-hybridized carbons (Fsp3) is 0.212. The second-order valence-corrected chi connectivity index (χ2v) is 12.1. The Morgan fingerprint density at radius 1 is 0.980 bits per heavy atom. The first-order chi connectivity index (χ1) is 23.4. The monoisotopic (exact) mass is 696 g/mol. The molecule has 0 saturated carbocycles. The summed E-state index contributed by atoms with van der Waals surface area (Å²) >= 11 is 1.07. The van der Waals surface area contributed by atoms with E-state index in [0.29, 0.717) is 16.3 Å². The Morgan fingerprint density at radius 2 is 1.69 bits per heavy atom.